The Morgan fingerprint density at radius 3 is 2.44 bits per heavy atom. The first-order valence-electron chi connectivity index (χ1n) is 6.11. The minimum absolute atomic E-state index is 0.0975. The van der Waals surface area contributed by atoms with Gasteiger partial charge in [0.2, 0.25) is 5.91 Å². The van der Waals surface area contributed by atoms with Gasteiger partial charge in [0.05, 0.1) is 6.61 Å². The molecule has 0 bridgehead atoms. The molecule has 106 valence electrons. The summed E-state index contributed by atoms with van der Waals surface area (Å²) in [6.45, 7) is 6.71. The first-order chi connectivity index (χ1) is 8.35. The number of carbonyl (C=O) groups excluding carboxylic acids is 2. The van der Waals surface area contributed by atoms with E-state index >= 15 is 0 Å². The van der Waals surface area contributed by atoms with E-state index in [9.17, 15) is 9.59 Å². The van der Waals surface area contributed by atoms with Gasteiger partial charge in [-0.05, 0) is 27.2 Å². The summed E-state index contributed by atoms with van der Waals surface area (Å²) in [6.07, 6.45) is 0.938. The second kappa shape index (κ2) is 8.88. The molecule has 0 unspecified atom stereocenters. The van der Waals surface area contributed by atoms with E-state index in [-0.39, 0.29) is 12.5 Å². The smallest absolute Gasteiger partial charge is 0.325 e. The summed E-state index contributed by atoms with van der Waals surface area (Å²) in [5, 5.41) is 2.50. The zero-order valence-electron chi connectivity index (χ0n) is 11.5. The molecule has 0 aromatic rings. The standard InChI is InChI=1S/C12H24N2O4/c1-12(2,3)18-11(16)9-14-10(15)5-4-7-17-8-6-13/h4-9,13H2,1-3H3,(H,14,15). The number of carbonyl (C=O) groups is 2. The number of hydrogen-bond donors (Lipinski definition) is 2. The molecule has 0 aliphatic carbocycles. The van der Waals surface area contributed by atoms with Crippen molar-refractivity contribution in [2.24, 2.45) is 5.73 Å². The highest BCUT2D eigenvalue weighted by Gasteiger charge is 2.16. The molecule has 18 heavy (non-hydrogen) atoms. The van der Waals surface area contributed by atoms with Gasteiger partial charge >= 0.3 is 5.97 Å². The minimum Gasteiger partial charge on any atom is -0.459 e. The molecular formula is C12H24N2O4. The van der Waals surface area contributed by atoms with Crippen molar-refractivity contribution in [2.45, 2.75) is 39.2 Å². The second-order valence-electron chi connectivity index (χ2n) is 4.87. The first kappa shape index (κ1) is 16.9. The monoisotopic (exact) mass is 260 g/mol. The molecule has 0 spiro atoms. The number of nitrogens with two attached hydrogens (primary N) is 1. The summed E-state index contributed by atoms with van der Waals surface area (Å²) in [5.41, 5.74) is 4.72. The minimum atomic E-state index is -0.530. The molecule has 0 saturated carbocycles. The third kappa shape index (κ3) is 11.3. The Morgan fingerprint density at radius 1 is 1.22 bits per heavy atom. The predicted molar refractivity (Wildman–Crippen MR) is 68.0 cm³/mol. The maximum atomic E-state index is 11.3. The fourth-order valence-corrected chi connectivity index (χ4v) is 1.16. The zero-order chi connectivity index (χ0) is 14.0. The molecule has 0 rings (SSSR count). The number of nitrogens with one attached hydrogen (secondary N) is 1. The lowest BCUT2D eigenvalue weighted by Gasteiger charge is -2.19. The van der Waals surface area contributed by atoms with Crippen molar-refractivity contribution in [2.75, 3.05) is 26.3 Å². The Bertz CT molecular complexity index is 261. The zero-order valence-corrected chi connectivity index (χ0v) is 11.5. The largest absolute Gasteiger partial charge is 0.459 e. The first-order valence-corrected chi connectivity index (χ1v) is 6.11. The van der Waals surface area contributed by atoms with Gasteiger partial charge in [-0.1, -0.05) is 0 Å². The summed E-state index contributed by atoms with van der Waals surface area (Å²) in [6, 6.07) is 0. The van der Waals surface area contributed by atoms with Crippen LogP contribution in [0, 0.1) is 0 Å². The molecule has 0 aliphatic rings. The van der Waals surface area contributed by atoms with Crippen LogP contribution in [-0.4, -0.2) is 43.8 Å². The summed E-state index contributed by atoms with van der Waals surface area (Å²) in [4.78, 5) is 22.6. The summed E-state index contributed by atoms with van der Waals surface area (Å²) in [7, 11) is 0. The molecule has 6 nitrogen and oxygen atoms in total. The highest BCUT2D eigenvalue weighted by molar-refractivity contribution is 5.81. The average molecular weight is 260 g/mol. The SMILES string of the molecule is CC(C)(C)OC(=O)CNC(=O)CCCOCCN. The molecular weight excluding hydrogens is 236 g/mol. The molecule has 0 fully saturated rings. The summed E-state index contributed by atoms with van der Waals surface area (Å²) in [5.74, 6) is -0.618. The molecule has 0 radical (unpaired) electrons. The van der Waals surface area contributed by atoms with Crippen molar-refractivity contribution in [3.8, 4) is 0 Å². The maximum Gasteiger partial charge on any atom is 0.325 e. The number of amides is 1. The van der Waals surface area contributed by atoms with Crippen LogP contribution in [0.1, 0.15) is 33.6 Å². The van der Waals surface area contributed by atoms with E-state index in [0.717, 1.165) is 0 Å². The topological polar surface area (TPSA) is 90.6 Å². The highest BCUT2D eigenvalue weighted by Crippen LogP contribution is 2.06. The van der Waals surface area contributed by atoms with E-state index in [4.69, 9.17) is 15.2 Å². The maximum absolute atomic E-state index is 11.3. The molecule has 6 heteroatoms. The molecule has 0 atom stereocenters. The van der Waals surface area contributed by atoms with E-state index in [1.807, 2.05) is 0 Å². The molecule has 0 saturated heterocycles. The fraction of sp³-hybridized carbons (Fsp3) is 0.833. The van der Waals surface area contributed by atoms with Crippen LogP contribution in [0.15, 0.2) is 0 Å². The van der Waals surface area contributed by atoms with Gasteiger partial charge in [-0.25, -0.2) is 0 Å². The van der Waals surface area contributed by atoms with E-state index in [1.165, 1.54) is 0 Å². The Balaban J connectivity index is 3.55. The van der Waals surface area contributed by atoms with Gasteiger partial charge in [-0.2, -0.15) is 0 Å². The van der Waals surface area contributed by atoms with Gasteiger partial charge in [0.1, 0.15) is 12.1 Å². The van der Waals surface area contributed by atoms with Crippen LogP contribution < -0.4 is 11.1 Å². The molecule has 1 amide bonds. The van der Waals surface area contributed by atoms with Crippen LogP contribution in [-0.2, 0) is 19.1 Å². The van der Waals surface area contributed by atoms with E-state index < -0.39 is 11.6 Å². The van der Waals surface area contributed by atoms with Gasteiger partial charge in [0.15, 0.2) is 0 Å². The van der Waals surface area contributed by atoms with Crippen LogP contribution in [0.4, 0.5) is 0 Å². The van der Waals surface area contributed by atoms with Crippen LogP contribution >= 0.6 is 0 Å². The second-order valence-corrected chi connectivity index (χ2v) is 4.87. The van der Waals surface area contributed by atoms with Crippen molar-refractivity contribution in [1.29, 1.82) is 0 Å². The Morgan fingerprint density at radius 2 is 1.89 bits per heavy atom. The van der Waals surface area contributed by atoms with Crippen molar-refractivity contribution in [3.63, 3.8) is 0 Å². The third-order valence-corrected chi connectivity index (χ3v) is 1.80. The van der Waals surface area contributed by atoms with Crippen LogP contribution in [0.2, 0.25) is 0 Å². The Hall–Kier alpha value is -1.14. The molecule has 3 N–H and O–H groups in total. The van der Waals surface area contributed by atoms with Gasteiger partial charge in [-0.15, -0.1) is 0 Å². The summed E-state index contributed by atoms with van der Waals surface area (Å²) < 4.78 is 10.2. The molecule has 0 heterocycles. The number of hydrogen-bond acceptors (Lipinski definition) is 5. The van der Waals surface area contributed by atoms with Crippen LogP contribution in [0.25, 0.3) is 0 Å². The van der Waals surface area contributed by atoms with Crippen molar-refractivity contribution < 1.29 is 19.1 Å². The van der Waals surface area contributed by atoms with E-state index in [0.29, 0.717) is 32.6 Å². The van der Waals surface area contributed by atoms with Gasteiger partial charge in [-0.3, -0.25) is 9.59 Å². The number of esters is 1. The third-order valence-electron chi connectivity index (χ3n) is 1.80. The van der Waals surface area contributed by atoms with Gasteiger partial charge < -0.3 is 20.5 Å². The Labute approximate surface area is 108 Å². The normalized spacial score (nSPS) is 11.1. The predicted octanol–water partition coefficient (Wildman–Crippen LogP) is 0.200. The molecule has 0 aliphatic heterocycles. The Kier molecular flexibility index (Phi) is 8.32. The van der Waals surface area contributed by atoms with Gasteiger partial charge in [0.25, 0.3) is 0 Å². The van der Waals surface area contributed by atoms with Crippen molar-refractivity contribution in [1.82, 2.24) is 5.32 Å². The number of ether oxygens (including phenoxy) is 2. The van der Waals surface area contributed by atoms with Crippen molar-refractivity contribution >= 4 is 11.9 Å². The fourth-order valence-electron chi connectivity index (χ4n) is 1.16. The van der Waals surface area contributed by atoms with E-state index in [2.05, 4.69) is 5.32 Å². The van der Waals surface area contributed by atoms with Crippen LogP contribution in [0.3, 0.4) is 0 Å². The van der Waals surface area contributed by atoms with Gasteiger partial charge in [0, 0.05) is 19.6 Å². The van der Waals surface area contributed by atoms with Crippen molar-refractivity contribution in [3.05, 3.63) is 0 Å². The van der Waals surface area contributed by atoms with E-state index in [1.54, 1.807) is 20.8 Å². The highest BCUT2D eigenvalue weighted by atomic mass is 16.6. The van der Waals surface area contributed by atoms with Crippen LogP contribution in [0.5, 0.6) is 0 Å². The lowest BCUT2D eigenvalue weighted by molar-refractivity contribution is -0.154. The lowest BCUT2D eigenvalue weighted by atomic mass is 10.2. The quantitative estimate of drug-likeness (QED) is 0.480. The summed E-state index contributed by atoms with van der Waals surface area (Å²) >= 11 is 0. The number of rotatable bonds is 8. The average Bonchev–Trinajstić information content (AvgIpc) is 2.24. The lowest BCUT2D eigenvalue weighted by Crippen LogP contribution is -2.34. The molecule has 0 aromatic carbocycles. The molecule has 0 aromatic heterocycles.